The van der Waals surface area contributed by atoms with Crippen LogP contribution in [0.15, 0.2) is 18.2 Å². The van der Waals surface area contributed by atoms with Crippen molar-refractivity contribution in [2.75, 3.05) is 6.79 Å². The van der Waals surface area contributed by atoms with Gasteiger partial charge in [-0.2, -0.15) is 0 Å². The van der Waals surface area contributed by atoms with E-state index in [1.54, 1.807) is 0 Å². The largest absolute Gasteiger partial charge is 0.454 e. The number of fused-ring (bicyclic) bond motifs is 1. The van der Waals surface area contributed by atoms with Crippen LogP contribution < -0.4 is 15.2 Å². The normalized spacial score (nSPS) is 21.9. The van der Waals surface area contributed by atoms with Gasteiger partial charge in [0.05, 0.1) is 12.1 Å². The smallest absolute Gasteiger partial charge is 0.231 e. The summed E-state index contributed by atoms with van der Waals surface area (Å²) < 4.78 is 10.7. The van der Waals surface area contributed by atoms with E-state index in [-0.39, 0.29) is 12.8 Å². The van der Waals surface area contributed by atoms with Crippen LogP contribution in [0.2, 0.25) is 0 Å². The first-order chi connectivity index (χ1) is 7.77. The highest BCUT2D eigenvalue weighted by molar-refractivity contribution is 5.49. The molecule has 0 spiro atoms. The topological polar surface area (TPSA) is 64.7 Å². The van der Waals surface area contributed by atoms with E-state index < -0.39 is 6.10 Å². The Kier molecular flexibility index (Phi) is 2.26. The third-order valence-electron chi connectivity index (χ3n) is 3.26. The summed E-state index contributed by atoms with van der Waals surface area (Å²) in [6.45, 7) is 0.235. The maximum Gasteiger partial charge on any atom is 0.231 e. The summed E-state index contributed by atoms with van der Waals surface area (Å²) in [6, 6.07) is 5.23. The molecule has 1 aromatic rings. The first kappa shape index (κ1) is 9.93. The Morgan fingerprint density at radius 3 is 2.88 bits per heavy atom. The number of benzene rings is 1. The predicted molar refractivity (Wildman–Crippen MR) is 58.2 cm³/mol. The zero-order valence-corrected chi connectivity index (χ0v) is 8.93. The number of rotatable bonds is 3. The van der Waals surface area contributed by atoms with Crippen molar-refractivity contribution in [1.29, 1.82) is 0 Å². The molecule has 0 amide bonds. The lowest BCUT2D eigenvalue weighted by Gasteiger charge is -2.19. The Bertz CT molecular complexity index is 403. The molecule has 4 nitrogen and oxygen atoms in total. The van der Waals surface area contributed by atoms with Crippen LogP contribution >= 0.6 is 0 Å². The zero-order valence-electron chi connectivity index (χ0n) is 8.93. The number of para-hydroxylation sites is 1. The number of aliphatic hydroxyl groups is 1. The molecule has 0 unspecified atom stereocenters. The average molecular weight is 221 g/mol. The lowest BCUT2D eigenvalue weighted by Crippen LogP contribution is -2.28. The van der Waals surface area contributed by atoms with Crippen LogP contribution in [0, 0.1) is 5.92 Å². The molecule has 4 heteroatoms. The van der Waals surface area contributed by atoms with E-state index in [1.165, 1.54) is 0 Å². The van der Waals surface area contributed by atoms with E-state index >= 15 is 0 Å². The summed E-state index contributed by atoms with van der Waals surface area (Å²) in [5.74, 6) is 1.76. The molecule has 1 heterocycles. The molecule has 1 saturated carbocycles. The third-order valence-corrected chi connectivity index (χ3v) is 3.26. The van der Waals surface area contributed by atoms with Crippen molar-refractivity contribution in [3.63, 3.8) is 0 Å². The molecule has 2 atom stereocenters. The van der Waals surface area contributed by atoms with Gasteiger partial charge in [0.25, 0.3) is 0 Å². The average Bonchev–Trinajstić information content (AvgIpc) is 3.04. The van der Waals surface area contributed by atoms with E-state index in [9.17, 15) is 5.11 Å². The van der Waals surface area contributed by atoms with Crippen molar-refractivity contribution in [1.82, 2.24) is 0 Å². The van der Waals surface area contributed by atoms with E-state index in [4.69, 9.17) is 15.2 Å². The molecule has 1 fully saturated rings. The summed E-state index contributed by atoms with van der Waals surface area (Å²) in [5, 5.41) is 10.0. The molecule has 1 aliphatic heterocycles. The maximum absolute atomic E-state index is 10.0. The second kappa shape index (κ2) is 3.64. The second-order valence-corrected chi connectivity index (χ2v) is 4.43. The van der Waals surface area contributed by atoms with Crippen molar-refractivity contribution in [2.45, 2.75) is 25.0 Å². The van der Waals surface area contributed by atoms with E-state index in [2.05, 4.69) is 0 Å². The van der Waals surface area contributed by atoms with Gasteiger partial charge in [0.15, 0.2) is 11.5 Å². The maximum atomic E-state index is 10.0. The van der Waals surface area contributed by atoms with Gasteiger partial charge < -0.3 is 20.3 Å². The number of nitrogens with two attached hydrogens (primary N) is 1. The quantitative estimate of drug-likeness (QED) is 0.804. The third kappa shape index (κ3) is 1.54. The number of ether oxygens (including phenoxy) is 2. The van der Waals surface area contributed by atoms with Crippen molar-refractivity contribution in [3.05, 3.63) is 23.8 Å². The number of hydrogen-bond acceptors (Lipinski definition) is 4. The van der Waals surface area contributed by atoms with Crippen LogP contribution in [0.3, 0.4) is 0 Å². The lowest BCUT2D eigenvalue weighted by atomic mass is 9.98. The van der Waals surface area contributed by atoms with Gasteiger partial charge in [-0.25, -0.2) is 0 Å². The summed E-state index contributed by atoms with van der Waals surface area (Å²) in [7, 11) is 0. The second-order valence-electron chi connectivity index (χ2n) is 4.43. The van der Waals surface area contributed by atoms with Crippen molar-refractivity contribution in [3.8, 4) is 11.5 Å². The fraction of sp³-hybridized carbons (Fsp3) is 0.500. The molecule has 1 aromatic carbocycles. The monoisotopic (exact) mass is 221 g/mol. The highest BCUT2D eigenvalue weighted by Crippen LogP contribution is 2.42. The fourth-order valence-corrected chi connectivity index (χ4v) is 2.13. The summed E-state index contributed by atoms with van der Waals surface area (Å²) >= 11 is 0. The lowest BCUT2D eigenvalue weighted by molar-refractivity contribution is 0.120. The van der Waals surface area contributed by atoms with Gasteiger partial charge in [0, 0.05) is 5.56 Å². The Balaban J connectivity index is 1.90. The van der Waals surface area contributed by atoms with E-state index in [0.717, 1.165) is 24.2 Å². The Morgan fingerprint density at radius 1 is 1.31 bits per heavy atom. The Morgan fingerprint density at radius 2 is 2.12 bits per heavy atom. The van der Waals surface area contributed by atoms with Gasteiger partial charge >= 0.3 is 0 Å². The van der Waals surface area contributed by atoms with Crippen LogP contribution in [0.25, 0.3) is 0 Å². The minimum atomic E-state index is -0.476. The molecular formula is C12H15NO3. The molecule has 1 aliphatic carbocycles. The summed E-state index contributed by atoms with van der Waals surface area (Å²) in [4.78, 5) is 0. The first-order valence-corrected chi connectivity index (χ1v) is 5.59. The van der Waals surface area contributed by atoms with Gasteiger partial charge in [-0.1, -0.05) is 12.1 Å². The number of hydrogen-bond donors (Lipinski definition) is 2. The van der Waals surface area contributed by atoms with Crippen LogP contribution in [-0.4, -0.2) is 18.0 Å². The fourth-order valence-electron chi connectivity index (χ4n) is 2.13. The van der Waals surface area contributed by atoms with E-state index in [1.807, 2.05) is 18.2 Å². The van der Waals surface area contributed by atoms with E-state index in [0.29, 0.717) is 11.7 Å². The zero-order chi connectivity index (χ0) is 11.1. The molecule has 0 aromatic heterocycles. The molecule has 0 bridgehead atoms. The number of aliphatic hydroxyl groups excluding tert-OH is 1. The highest BCUT2D eigenvalue weighted by atomic mass is 16.7. The van der Waals surface area contributed by atoms with Gasteiger partial charge in [-0.15, -0.1) is 0 Å². The van der Waals surface area contributed by atoms with Crippen LogP contribution in [0.4, 0.5) is 0 Å². The molecule has 0 saturated heterocycles. The van der Waals surface area contributed by atoms with Crippen LogP contribution in [0.1, 0.15) is 24.4 Å². The molecule has 2 aliphatic rings. The molecule has 16 heavy (non-hydrogen) atoms. The SMILES string of the molecule is N[C@@H](c1cccc2c1OCO2)[C@H](O)C1CC1. The van der Waals surface area contributed by atoms with Gasteiger partial charge in [0.2, 0.25) is 6.79 Å². The van der Waals surface area contributed by atoms with Crippen LogP contribution in [0.5, 0.6) is 11.5 Å². The summed E-state index contributed by atoms with van der Waals surface area (Å²) in [5.41, 5.74) is 6.91. The van der Waals surface area contributed by atoms with Crippen molar-refractivity contribution in [2.24, 2.45) is 11.7 Å². The highest BCUT2D eigenvalue weighted by Gasteiger charge is 2.36. The predicted octanol–water partition coefficient (Wildman–Crippen LogP) is 1.19. The first-order valence-electron chi connectivity index (χ1n) is 5.59. The minimum absolute atomic E-state index is 0.235. The minimum Gasteiger partial charge on any atom is -0.454 e. The molecule has 3 N–H and O–H groups in total. The molecule has 86 valence electrons. The standard InChI is InChI=1S/C12H15NO3/c13-10(11(14)7-4-5-7)8-2-1-3-9-12(8)16-6-15-9/h1-3,7,10-11,14H,4-6,13H2/t10-,11+/m0/s1. The van der Waals surface area contributed by atoms with Crippen LogP contribution in [-0.2, 0) is 0 Å². The molecular weight excluding hydrogens is 206 g/mol. The van der Waals surface area contributed by atoms with Gasteiger partial charge in [-0.3, -0.25) is 0 Å². The Hall–Kier alpha value is -1.26. The Labute approximate surface area is 94.0 Å². The molecule has 0 radical (unpaired) electrons. The van der Waals surface area contributed by atoms with Crippen molar-refractivity contribution >= 4 is 0 Å². The van der Waals surface area contributed by atoms with Gasteiger partial charge in [0.1, 0.15) is 0 Å². The van der Waals surface area contributed by atoms with Crippen molar-refractivity contribution < 1.29 is 14.6 Å². The summed E-state index contributed by atoms with van der Waals surface area (Å²) in [6.07, 6.45) is 1.67. The molecule has 3 rings (SSSR count). The van der Waals surface area contributed by atoms with Gasteiger partial charge in [-0.05, 0) is 24.8 Å².